The molecule has 0 bridgehead atoms. The Morgan fingerprint density at radius 1 is 1.30 bits per heavy atom. The summed E-state index contributed by atoms with van der Waals surface area (Å²) in [6.07, 6.45) is 8.77. The van der Waals surface area contributed by atoms with E-state index in [0.717, 1.165) is 23.4 Å². The van der Waals surface area contributed by atoms with Gasteiger partial charge in [0.1, 0.15) is 5.52 Å². The zero-order chi connectivity index (χ0) is 14.3. The number of hydrogen-bond acceptors (Lipinski definition) is 4. The van der Waals surface area contributed by atoms with Gasteiger partial charge in [-0.25, -0.2) is 4.98 Å². The molecule has 2 heterocycles. The average Bonchev–Trinajstić information content (AvgIpc) is 2.90. The van der Waals surface area contributed by atoms with E-state index < -0.39 is 0 Å². The van der Waals surface area contributed by atoms with E-state index in [-0.39, 0.29) is 0 Å². The Labute approximate surface area is 123 Å². The van der Waals surface area contributed by atoms with Crippen molar-refractivity contribution in [1.82, 2.24) is 19.3 Å². The van der Waals surface area contributed by atoms with Gasteiger partial charge in [0.2, 0.25) is 5.95 Å². The molecule has 2 N–H and O–H groups in total. The quantitative estimate of drug-likeness (QED) is 0.945. The molecule has 110 valence electrons. The summed E-state index contributed by atoms with van der Waals surface area (Å²) in [7, 11) is 1.97. The van der Waals surface area contributed by atoms with Gasteiger partial charge in [0.15, 0.2) is 5.65 Å². The summed E-state index contributed by atoms with van der Waals surface area (Å²) in [5, 5.41) is 4.46. The molecule has 3 rings (SSSR count). The molecule has 1 saturated carbocycles. The van der Waals surface area contributed by atoms with Gasteiger partial charge in [-0.3, -0.25) is 9.25 Å². The molecule has 1 fully saturated rings. The van der Waals surface area contributed by atoms with E-state index >= 15 is 0 Å². The van der Waals surface area contributed by atoms with Crippen LogP contribution in [0.25, 0.3) is 11.2 Å². The van der Waals surface area contributed by atoms with Crippen LogP contribution < -0.4 is 5.73 Å². The number of thioether (sulfide) groups is 1. The fourth-order valence-electron chi connectivity index (χ4n) is 3.42. The van der Waals surface area contributed by atoms with Crippen molar-refractivity contribution in [3.05, 3.63) is 5.69 Å². The van der Waals surface area contributed by atoms with E-state index in [9.17, 15) is 0 Å². The number of hydrogen-bond donors (Lipinski definition) is 1. The van der Waals surface area contributed by atoms with Crippen LogP contribution in [0.1, 0.15) is 37.8 Å². The largest absolute Gasteiger partial charge is 0.369 e. The van der Waals surface area contributed by atoms with Crippen LogP contribution in [0.2, 0.25) is 0 Å². The molecule has 0 saturated heterocycles. The lowest BCUT2D eigenvalue weighted by atomic mass is 9.88. The number of aromatic nitrogens is 4. The van der Waals surface area contributed by atoms with Gasteiger partial charge >= 0.3 is 0 Å². The lowest BCUT2D eigenvalue weighted by Crippen LogP contribution is -2.33. The highest BCUT2D eigenvalue weighted by molar-refractivity contribution is 8.00. The van der Waals surface area contributed by atoms with Crippen molar-refractivity contribution in [3.63, 3.8) is 0 Å². The summed E-state index contributed by atoms with van der Waals surface area (Å²) in [5.41, 5.74) is 9.12. The normalized spacial score (nSPS) is 18.8. The second-order valence-electron chi connectivity index (χ2n) is 5.89. The van der Waals surface area contributed by atoms with Gasteiger partial charge in [0.05, 0.1) is 5.69 Å². The van der Waals surface area contributed by atoms with Crippen LogP contribution in [-0.4, -0.2) is 30.3 Å². The van der Waals surface area contributed by atoms with Gasteiger partial charge in [-0.2, -0.15) is 16.9 Å². The van der Waals surface area contributed by atoms with Gasteiger partial charge in [0.25, 0.3) is 0 Å². The molecule has 0 radical (unpaired) electrons. The number of anilines is 1. The van der Waals surface area contributed by atoms with E-state index in [1.807, 2.05) is 30.4 Å². The predicted octanol–water partition coefficient (Wildman–Crippen LogP) is 2.73. The minimum Gasteiger partial charge on any atom is -0.369 e. The van der Waals surface area contributed by atoms with E-state index in [0.29, 0.717) is 10.7 Å². The topological polar surface area (TPSA) is 61.7 Å². The maximum Gasteiger partial charge on any atom is 0.202 e. The second kappa shape index (κ2) is 4.98. The Bertz CT molecular complexity index is 621. The first kappa shape index (κ1) is 13.8. The molecule has 6 heteroatoms. The minimum atomic E-state index is 0.304. The first-order chi connectivity index (χ1) is 9.56. The number of aryl methyl sites for hydroxylation is 2. The summed E-state index contributed by atoms with van der Waals surface area (Å²) in [6.45, 7) is 2.93. The van der Waals surface area contributed by atoms with E-state index in [2.05, 4.69) is 20.9 Å². The van der Waals surface area contributed by atoms with E-state index in [1.54, 1.807) is 0 Å². The number of rotatable bonds is 3. The van der Waals surface area contributed by atoms with Crippen LogP contribution in [0.15, 0.2) is 0 Å². The lowest BCUT2D eigenvalue weighted by Gasteiger charge is -2.36. The second-order valence-corrected chi connectivity index (χ2v) is 7.16. The van der Waals surface area contributed by atoms with Crippen molar-refractivity contribution in [2.75, 3.05) is 12.0 Å². The van der Waals surface area contributed by atoms with Crippen LogP contribution in [0.3, 0.4) is 0 Å². The maximum atomic E-state index is 6.17. The van der Waals surface area contributed by atoms with Crippen molar-refractivity contribution in [2.24, 2.45) is 7.05 Å². The summed E-state index contributed by atoms with van der Waals surface area (Å²) in [6, 6.07) is 0. The van der Waals surface area contributed by atoms with Crippen molar-refractivity contribution in [1.29, 1.82) is 0 Å². The molecule has 0 aliphatic heterocycles. The van der Waals surface area contributed by atoms with Crippen LogP contribution in [0.5, 0.6) is 0 Å². The highest BCUT2D eigenvalue weighted by Gasteiger charge is 2.33. The average molecular weight is 293 g/mol. The Morgan fingerprint density at radius 3 is 2.65 bits per heavy atom. The van der Waals surface area contributed by atoms with Crippen LogP contribution in [0, 0.1) is 6.92 Å². The highest BCUT2D eigenvalue weighted by atomic mass is 32.2. The first-order valence-electron chi connectivity index (χ1n) is 7.27. The molecular formula is C14H23N5S. The third-order valence-corrected chi connectivity index (χ3v) is 5.97. The molecule has 0 spiro atoms. The van der Waals surface area contributed by atoms with Gasteiger partial charge in [-0.15, -0.1) is 0 Å². The summed E-state index contributed by atoms with van der Waals surface area (Å²) >= 11 is 1.99. The molecule has 2 aromatic heterocycles. The Hall–Kier alpha value is -1.17. The molecule has 1 aliphatic rings. The number of nitrogens with zero attached hydrogens (tertiary/aromatic N) is 4. The highest BCUT2D eigenvalue weighted by Crippen LogP contribution is 2.41. The first-order valence-corrected chi connectivity index (χ1v) is 8.49. The number of fused-ring (bicyclic) bond motifs is 1. The lowest BCUT2D eigenvalue weighted by molar-refractivity contribution is 0.361. The zero-order valence-electron chi connectivity index (χ0n) is 12.5. The standard InChI is InChI=1S/C14H23N5S/c1-10-11-12(18(2)17-10)19(13(15)16-11)9-14(20-3)7-5-4-6-8-14/h4-9H2,1-3H3,(H2,15,16). The molecule has 0 atom stereocenters. The molecular weight excluding hydrogens is 270 g/mol. The molecule has 0 unspecified atom stereocenters. The van der Waals surface area contributed by atoms with Crippen LogP contribution in [-0.2, 0) is 13.6 Å². The molecule has 1 aliphatic carbocycles. The predicted molar refractivity (Wildman–Crippen MR) is 85.0 cm³/mol. The smallest absolute Gasteiger partial charge is 0.202 e. The minimum absolute atomic E-state index is 0.304. The molecule has 0 amide bonds. The molecule has 5 nitrogen and oxygen atoms in total. The monoisotopic (exact) mass is 293 g/mol. The molecule has 20 heavy (non-hydrogen) atoms. The SMILES string of the molecule is CSC1(Cn2c(N)nc3c(C)nn(C)c32)CCCCC1. The van der Waals surface area contributed by atoms with Crippen molar-refractivity contribution < 1.29 is 0 Å². The third-order valence-electron chi connectivity index (χ3n) is 4.56. The van der Waals surface area contributed by atoms with Gasteiger partial charge in [-0.1, -0.05) is 19.3 Å². The Kier molecular flexibility index (Phi) is 3.44. The fourth-order valence-corrected chi connectivity index (χ4v) is 4.37. The Morgan fingerprint density at radius 2 is 2.00 bits per heavy atom. The van der Waals surface area contributed by atoms with Crippen molar-refractivity contribution in [3.8, 4) is 0 Å². The summed E-state index contributed by atoms with van der Waals surface area (Å²) in [5.74, 6) is 0.620. The van der Waals surface area contributed by atoms with Gasteiger partial charge in [-0.05, 0) is 26.0 Å². The van der Waals surface area contributed by atoms with Crippen LogP contribution in [0.4, 0.5) is 5.95 Å². The number of imidazole rings is 1. The van der Waals surface area contributed by atoms with E-state index in [1.165, 1.54) is 32.1 Å². The number of nitrogens with two attached hydrogens (primary N) is 1. The maximum absolute atomic E-state index is 6.17. The van der Waals surface area contributed by atoms with Crippen molar-refractivity contribution in [2.45, 2.75) is 50.3 Å². The number of nitrogen functional groups attached to an aromatic ring is 1. The van der Waals surface area contributed by atoms with Gasteiger partial charge in [0, 0.05) is 18.3 Å². The van der Waals surface area contributed by atoms with E-state index in [4.69, 9.17) is 5.73 Å². The summed E-state index contributed by atoms with van der Waals surface area (Å²) in [4.78, 5) is 4.51. The Balaban J connectivity index is 2.03. The summed E-state index contributed by atoms with van der Waals surface area (Å²) < 4.78 is 4.38. The van der Waals surface area contributed by atoms with Gasteiger partial charge < -0.3 is 5.73 Å². The molecule has 2 aromatic rings. The zero-order valence-corrected chi connectivity index (χ0v) is 13.3. The fraction of sp³-hybridized carbons (Fsp3) is 0.714. The van der Waals surface area contributed by atoms with Crippen molar-refractivity contribution >= 4 is 28.9 Å². The molecule has 0 aromatic carbocycles. The third kappa shape index (κ3) is 2.10. The van der Waals surface area contributed by atoms with Crippen LogP contribution >= 0.6 is 11.8 Å².